The van der Waals surface area contributed by atoms with Gasteiger partial charge in [0.15, 0.2) is 0 Å². The van der Waals surface area contributed by atoms with Crippen LogP contribution in [0.2, 0.25) is 0 Å². The van der Waals surface area contributed by atoms with Crippen molar-refractivity contribution in [2.45, 2.75) is 39.0 Å². The van der Waals surface area contributed by atoms with Crippen LogP contribution in [-0.2, 0) is 16.0 Å². The van der Waals surface area contributed by atoms with Crippen molar-refractivity contribution < 1.29 is 14.3 Å². The van der Waals surface area contributed by atoms with Crippen molar-refractivity contribution in [3.63, 3.8) is 0 Å². The predicted molar refractivity (Wildman–Crippen MR) is 131 cm³/mol. The second kappa shape index (κ2) is 8.78. The summed E-state index contributed by atoms with van der Waals surface area (Å²) in [5.74, 6) is 1.15. The Kier molecular flexibility index (Phi) is 5.83. The molecule has 1 saturated carbocycles. The van der Waals surface area contributed by atoms with E-state index in [4.69, 9.17) is 4.74 Å². The van der Waals surface area contributed by atoms with Crippen molar-refractivity contribution in [1.29, 1.82) is 0 Å². The number of likely N-dealkylation sites (tertiary alicyclic amines) is 1. The van der Waals surface area contributed by atoms with Crippen molar-refractivity contribution >= 4 is 39.1 Å². The Labute approximate surface area is 198 Å². The number of thiazole rings is 1. The number of benzene rings is 2. The van der Waals surface area contributed by atoms with E-state index in [1.807, 2.05) is 54.3 Å². The van der Waals surface area contributed by atoms with E-state index in [-0.39, 0.29) is 23.1 Å². The molecule has 7 heteroatoms. The lowest BCUT2D eigenvalue weighted by Crippen LogP contribution is -2.40. The molecule has 2 aromatic carbocycles. The van der Waals surface area contributed by atoms with Gasteiger partial charge in [-0.2, -0.15) is 0 Å². The first-order valence-corrected chi connectivity index (χ1v) is 12.4. The van der Waals surface area contributed by atoms with Crippen molar-refractivity contribution in [2.24, 2.45) is 11.3 Å². The van der Waals surface area contributed by atoms with Crippen LogP contribution in [0.4, 0.5) is 5.69 Å². The highest BCUT2D eigenvalue weighted by Gasteiger charge is 2.58. The number of hydrogen-bond acceptors (Lipinski definition) is 5. The molecule has 1 aliphatic carbocycles. The Morgan fingerprint density at radius 3 is 2.79 bits per heavy atom. The van der Waals surface area contributed by atoms with E-state index in [0.717, 1.165) is 64.6 Å². The number of hydrogen-bond donors (Lipinski definition) is 1. The number of piperidine rings is 1. The molecule has 1 aliphatic heterocycles. The summed E-state index contributed by atoms with van der Waals surface area (Å²) < 4.78 is 6.53. The molecule has 2 heterocycles. The first-order chi connectivity index (χ1) is 16.0. The van der Waals surface area contributed by atoms with Gasteiger partial charge in [0.25, 0.3) is 0 Å². The van der Waals surface area contributed by atoms with Crippen LogP contribution in [0, 0.1) is 18.3 Å². The number of amides is 2. The van der Waals surface area contributed by atoms with Crippen molar-refractivity contribution in [3.8, 4) is 5.75 Å². The minimum Gasteiger partial charge on any atom is -0.496 e. The van der Waals surface area contributed by atoms with Gasteiger partial charge in [0.1, 0.15) is 5.75 Å². The van der Waals surface area contributed by atoms with Crippen LogP contribution in [0.3, 0.4) is 0 Å². The van der Waals surface area contributed by atoms with Crippen LogP contribution >= 0.6 is 11.3 Å². The minimum atomic E-state index is 0.0381. The monoisotopic (exact) mass is 463 g/mol. The molecule has 6 nitrogen and oxygen atoms in total. The van der Waals surface area contributed by atoms with E-state index in [2.05, 4.69) is 10.3 Å². The van der Waals surface area contributed by atoms with E-state index in [1.165, 1.54) is 0 Å². The second-order valence-corrected chi connectivity index (χ2v) is 10.5. The molecule has 1 aromatic heterocycles. The molecule has 0 bridgehead atoms. The number of nitrogens with zero attached hydrogens (tertiary/aromatic N) is 2. The third kappa shape index (κ3) is 4.47. The van der Waals surface area contributed by atoms with Crippen LogP contribution in [0.1, 0.15) is 36.3 Å². The van der Waals surface area contributed by atoms with Gasteiger partial charge in [-0.15, -0.1) is 11.3 Å². The highest BCUT2D eigenvalue weighted by molar-refractivity contribution is 7.18. The number of methoxy groups -OCH3 is 1. The molecule has 1 saturated heterocycles. The standard InChI is InChI=1S/C26H29N3O3S/c1-17-27-21-15-19(8-9-23(21)33-17)28-25(31)20-16-26(20)11-13-29(14-12-26)24(30)10-7-18-5-3-4-6-22(18)32-2/h3-6,8-9,15,20H,7,10-14,16H2,1-2H3,(H,28,31)/t20-/m0/s1. The van der Waals surface area contributed by atoms with Gasteiger partial charge in [-0.25, -0.2) is 4.98 Å². The lowest BCUT2D eigenvalue weighted by molar-refractivity contribution is -0.132. The zero-order valence-corrected chi connectivity index (χ0v) is 19.9. The number of anilines is 1. The Bertz CT molecular complexity index is 1200. The summed E-state index contributed by atoms with van der Waals surface area (Å²) in [5, 5.41) is 4.12. The Hall–Kier alpha value is -2.93. The van der Waals surface area contributed by atoms with Crippen molar-refractivity contribution in [3.05, 3.63) is 53.0 Å². The molecule has 33 heavy (non-hydrogen) atoms. The number of rotatable bonds is 6. The lowest BCUT2D eigenvalue weighted by Gasteiger charge is -2.33. The summed E-state index contributed by atoms with van der Waals surface area (Å²) in [6.45, 7) is 3.46. The first-order valence-electron chi connectivity index (χ1n) is 11.6. The summed E-state index contributed by atoms with van der Waals surface area (Å²) in [6.07, 6.45) is 3.87. The minimum absolute atomic E-state index is 0.0381. The number of fused-ring (bicyclic) bond motifs is 1. The Balaban J connectivity index is 1.12. The maximum absolute atomic E-state index is 12.9. The summed E-state index contributed by atoms with van der Waals surface area (Å²) in [4.78, 5) is 32.2. The maximum Gasteiger partial charge on any atom is 0.228 e. The highest BCUT2D eigenvalue weighted by Crippen LogP contribution is 2.59. The molecule has 0 unspecified atom stereocenters. The fourth-order valence-electron chi connectivity index (χ4n) is 5.13. The molecule has 2 amide bonds. The fourth-order valence-corrected chi connectivity index (χ4v) is 5.94. The first kappa shape index (κ1) is 21.9. The summed E-state index contributed by atoms with van der Waals surface area (Å²) in [6, 6.07) is 13.8. The summed E-state index contributed by atoms with van der Waals surface area (Å²) in [5.41, 5.74) is 2.86. The smallest absolute Gasteiger partial charge is 0.228 e. The number of carbonyl (C=O) groups is 2. The largest absolute Gasteiger partial charge is 0.496 e. The average Bonchev–Trinajstić information content (AvgIpc) is 3.39. The molecule has 0 radical (unpaired) electrons. The van der Waals surface area contributed by atoms with Crippen LogP contribution in [0.15, 0.2) is 42.5 Å². The molecule has 172 valence electrons. The zero-order chi connectivity index (χ0) is 23.0. The molecule has 1 spiro atoms. The third-order valence-corrected chi connectivity index (χ3v) is 8.13. The zero-order valence-electron chi connectivity index (χ0n) is 19.1. The van der Waals surface area contributed by atoms with E-state index in [0.29, 0.717) is 12.8 Å². The topological polar surface area (TPSA) is 71.5 Å². The molecule has 2 fully saturated rings. The van der Waals surface area contributed by atoms with Gasteiger partial charge in [0, 0.05) is 31.1 Å². The molecule has 3 aromatic rings. The van der Waals surface area contributed by atoms with Crippen LogP contribution in [-0.4, -0.2) is 41.9 Å². The van der Waals surface area contributed by atoms with Gasteiger partial charge in [-0.05, 0) is 67.9 Å². The highest BCUT2D eigenvalue weighted by atomic mass is 32.1. The van der Waals surface area contributed by atoms with Crippen LogP contribution < -0.4 is 10.1 Å². The van der Waals surface area contributed by atoms with E-state index >= 15 is 0 Å². The molecule has 2 aliphatic rings. The predicted octanol–water partition coefficient (Wildman–Crippen LogP) is 4.81. The van der Waals surface area contributed by atoms with Gasteiger partial charge >= 0.3 is 0 Å². The molecule has 1 N–H and O–H groups in total. The van der Waals surface area contributed by atoms with E-state index < -0.39 is 0 Å². The molecule has 1 atom stereocenters. The maximum atomic E-state index is 12.9. The number of carbonyl (C=O) groups excluding carboxylic acids is 2. The fraction of sp³-hybridized carbons (Fsp3) is 0.423. The average molecular weight is 464 g/mol. The summed E-state index contributed by atoms with van der Waals surface area (Å²) >= 11 is 1.66. The van der Waals surface area contributed by atoms with Gasteiger partial charge in [0.2, 0.25) is 11.8 Å². The SMILES string of the molecule is COc1ccccc1CCC(=O)N1CCC2(CC1)C[C@H]2C(=O)Nc1ccc2sc(C)nc2c1. The number of nitrogens with one attached hydrogen (secondary N) is 1. The van der Waals surface area contributed by atoms with Gasteiger partial charge in [-0.3, -0.25) is 9.59 Å². The van der Waals surface area contributed by atoms with Gasteiger partial charge in [-0.1, -0.05) is 18.2 Å². The van der Waals surface area contributed by atoms with Crippen LogP contribution in [0.5, 0.6) is 5.75 Å². The van der Waals surface area contributed by atoms with Gasteiger partial charge in [0.05, 0.1) is 22.3 Å². The number of ether oxygens (including phenoxy) is 1. The van der Waals surface area contributed by atoms with Gasteiger partial charge < -0.3 is 15.0 Å². The van der Waals surface area contributed by atoms with Crippen molar-refractivity contribution in [1.82, 2.24) is 9.88 Å². The summed E-state index contributed by atoms with van der Waals surface area (Å²) in [7, 11) is 1.66. The third-order valence-electron chi connectivity index (χ3n) is 7.18. The normalized spacial score (nSPS) is 19.0. The quantitative estimate of drug-likeness (QED) is 0.569. The lowest BCUT2D eigenvalue weighted by atomic mass is 9.90. The molecule has 5 rings (SSSR count). The second-order valence-electron chi connectivity index (χ2n) is 9.22. The van der Waals surface area contributed by atoms with Crippen LogP contribution in [0.25, 0.3) is 10.2 Å². The number of aromatic nitrogens is 1. The Morgan fingerprint density at radius 2 is 2.00 bits per heavy atom. The van der Waals surface area contributed by atoms with E-state index in [1.54, 1.807) is 18.4 Å². The Morgan fingerprint density at radius 1 is 1.21 bits per heavy atom. The van der Waals surface area contributed by atoms with E-state index in [9.17, 15) is 9.59 Å². The number of para-hydroxylation sites is 1. The molecular weight excluding hydrogens is 434 g/mol. The number of aryl methyl sites for hydroxylation is 2. The van der Waals surface area contributed by atoms with Crippen molar-refractivity contribution in [2.75, 3.05) is 25.5 Å². The molecular formula is C26H29N3O3S.